The summed E-state index contributed by atoms with van der Waals surface area (Å²) in [7, 11) is 1.67. The number of nitrogens with zero attached hydrogens (tertiary/aromatic N) is 1. The molecule has 19 heavy (non-hydrogen) atoms. The Balaban J connectivity index is 3.21. The standard InChI is InChI=1S/C15H26N2O2/c1-11(2)17(9-6-10-18)13-7-5-8-14(19-4)15(13)12(3)16/h5,7-8,11-12,18H,6,9-10,16H2,1-4H3/t12-/m1/s1. The predicted octanol–water partition coefficient (Wildman–Crippen LogP) is 2.31. The molecule has 0 saturated carbocycles. The summed E-state index contributed by atoms with van der Waals surface area (Å²) in [4.78, 5) is 2.26. The second kappa shape index (κ2) is 7.36. The molecular formula is C15H26N2O2. The summed E-state index contributed by atoms with van der Waals surface area (Å²) in [6.45, 7) is 7.25. The highest BCUT2D eigenvalue weighted by Gasteiger charge is 2.19. The molecule has 0 heterocycles. The third-order valence-corrected chi connectivity index (χ3v) is 3.21. The van der Waals surface area contributed by atoms with Crippen molar-refractivity contribution in [3.8, 4) is 5.75 Å². The van der Waals surface area contributed by atoms with E-state index in [-0.39, 0.29) is 12.6 Å². The number of nitrogens with two attached hydrogens (primary N) is 1. The van der Waals surface area contributed by atoms with Crippen LogP contribution in [0.1, 0.15) is 38.8 Å². The topological polar surface area (TPSA) is 58.7 Å². The van der Waals surface area contributed by atoms with Crippen LogP contribution in [0.2, 0.25) is 0 Å². The maximum absolute atomic E-state index is 9.05. The fourth-order valence-electron chi connectivity index (χ4n) is 2.32. The molecule has 1 atom stereocenters. The van der Waals surface area contributed by atoms with Gasteiger partial charge in [-0.15, -0.1) is 0 Å². The van der Waals surface area contributed by atoms with E-state index in [1.807, 2.05) is 19.1 Å². The van der Waals surface area contributed by atoms with Crippen molar-refractivity contribution >= 4 is 5.69 Å². The molecule has 0 bridgehead atoms. The van der Waals surface area contributed by atoms with E-state index in [0.717, 1.165) is 30.0 Å². The summed E-state index contributed by atoms with van der Waals surface area (Å²) in [6.07, 6.45) is 0.744. The minimum Gasteiger partial charge on any atom is -0.496 e. The van der Waals surface area contributed by atoms with Crippen LogP contribution in [0.5, 0.6) is 5.75 Å². The third-order valence-electron chi connectivity index (χ3n) is 3.21. The van der Waals surface area contributed by atoms with Gasteiger partial charge >= 0.3 is 0 Å². The van der Waals surface area contributed by atoms with E-state index in [4.69, 9.17) is 15.6 Å². The van der Waals surface area contributed by atoms with E-state index in [2.05, 4.69) is 24.8 Å². The fourth-order valence-corrected chi connectivity index (χ4v) is 2.32. The van der Waals surface area contributed by atoms with Crippen LogP contribution in [0.25, 0.3) is 0 Å². The Kier molecular flexibility index (Phi) is 6.12. The van der Waals surface area contributed by atoms with Gasteiger partial charge in [0.25, 0.3) is 0 Å². The smallest absolute Gasteiger partial charge is 0.125 e. The number of benzene rings is 1. The number of aliphatic hydroxyl groups excluding tert-OH is 1. The molecule has 1 rings (SSSR count). The maximum atomic E-state index is 9.05. The van der Waals surface area contributed by atoms with Crippen LogP contribution in [0, 0.1) is 0 Å². The van der Waals surface area contributed by atoms with Crippen molar-refractivity contribution in [2.45, 2.75) is 39.3 Å². The number of hydrogen-bond acceptors (Lipinski definition) is 4. The molecular weight excluding hydrogens is 240 g/mol. The second-order valence-electron chi connectivity index (χ2n) is 5.05. The Morgan fingerprint density at radius 1 is 1.32 bits per heavy atom. The largest absolute Gasteiger partial charge is 0.496 e. The monoisotopic (exact) mass is 266 g/mol. The highest BCUT2D eigenvalue weighted by Crippen LogP contribution is 2.34. The van der Waals surface area contributed by atoms with Gasteiger partial charge in [-0.25, -0.2) is 0 Å². The molecule has 0 aliphatic heterocycles. The fraction of sp³-hybridized carbons (Fsp3) is 0.600. The van der Waals surface area contributed by atoms with Crippen LogP contribution in [-0.2, 0) is 0 Å². The average Bonchev–Trinajstić information content (AvgIpc) is 2.38. The Labute approximate surface area is 116 Å². The molecule has 4 nitrogen and oxygen atoms in total. The molecule has 0 spiro atoms. The zero-order chi connectivity index (χ0) is 14.4. The molecule has 0 aromatic heterocycles. The molecule has 0 aliphatic carbocycles. The van der Waals surface area contributed by atoms with Crippen molar-refractivity contribution in [3.63, 3.8) is 0 Å². The Hall–Kier alpha value is -1.26. The van der Waals surface area contributed by atoms with E-state index in [9.17, 15) is 0 Å². The van der Waals surface area contributed by atoms with E-state index >= 15 is 0 Å². The normalized spacial score (nSPS) is 12.6. The summed E-state index contributed by atoms with van der Waals surface area (Å²) >= 11 is 0. The minimum absolute atomic E-state index is 0.0958. The van der Waals surface area contributed by atoms with E-state index < -0.39 is 0 Å². The number of hydrogen-bond donors (Lipinski definition) is 2. The lowest BCUT2D eigenvalue weighted by Crippen LogP contribution is -2.33. The van der Waals surface area contributed by atoms with Gasteiger partial charge in [0.2, 0.25) is 0 Å². The first kappa shape index (κ1) is 15.8. The molecule has 0 unspecified atom stereocenters. The molecule has 108 valence electrons. The zero-order valence-electron chi connectivity index (χ0n) is 12.4. The Morgan fingerprint density at radius 2 is 2.00 bits per heavy atom. The number of ether oxygens (including phenoxy) is 1. The van der Waals surface area contributed by atoms with E-state index in [0.29, 0.717) is 6.04 Å². The van der Waals surface area contributed by atoms with Crippen molar-refractivity contribution in [1.82, 2.24) is 0 Å². The molecule has 0 aliphatic rings. The highest BCUT2D eigenvalue weighted by atomic mass is 16.5. The van der Waals surface area contributed by atoms with Gasteiger partial charge in [0.15, 0.2) is 0 Å². The maximum Gasteiger partial charge on any atom is 0.125 e. The molecule has 3 N–H and O–H groups in total. The second-order valence-corrected chi connectivity index (χ2v) is 5.05. The highest BCUT2D eigenvalue weighted by molar-refractivity contribution is 5.61. The average molecular weight is 266 g/mol. The minimum atomic E-state index is -0.0958. The van der Waals surface area contributed by atoms with Crippen LogP contribution in [0.4, 0.5) is 5.69 Å². The molecule has 0 fully saturated rings. The molecule has 0 saturated heterocycles. The van der Waals surface area contributed by atoms with Crippen molar-refractivity contribution in [2.75, 3.05) is 25.2 Å². The third kappa shape index (κ3) is 3.85. The molecule has 4 heteroatoms. The van der Waals surface area contributed by atoms with Gasteiger partial charge in [0.05, 0.1) is 7.11 Å². The molecule has 1 aromatic rings. The van der Waals surface area contributed by atoms with Crippen LogP contribution < -0.4 is 15.4 Å². The van der Waals surface area contributed by atoms with Gasteiger partial charge in [-0.2, -0.15) is 0 Å². The van der Waals surface area contributed by atoms with E-state index in [1.54, 1.807) is 7.11 Å². The van der Waals surface area contributed by atoms with Gasteiger partial charge in [-0.3, -0.25) is 0 Å². The van der Waals surface area contributed by atoms with Gasteiger partial charge in [-0.05, 0) is 39.3 Å². The first-order valence-electron chi connectivity index (χ1n) is 6.82. The lowest BCUT2D eigenvalue weighted by atomic mass is 10.0. The Bertz CT molecular complexity index is 392. The molecule has 0 amide bonds. The summed E-state index contributed by atoms with van der Waals surface area (Å²) in [6, 6.07) is 6.23. The SMILES string of the molecule is COc1cccc(N(CCCO)C(C)C)c1[C@@H](C)N. The molecule has 1 aromatic carbocycles. The molecule has 0 radical (unpaired) electrons. The van der Waals surface area contributed by atoms with Crippen molar-refractivity contribution in [3.05, 3.63) is 23.8 Å². The first-order chi connectivity index (χ1) is 9.02. The van der Waals surface area contributed by atoms with Crippen molar-refractivity contribution < 1.29 is 9.84 Å². The van der Waals surface area contributed by atoms with Gasteiger partial charge in [0.1, 0.15) is 5.75 Å². The van der Waals surface area contributed by atoms with Gasteiger partial charge in [-0.1, -0.05) is 6.07 Å². The summed E-state index contributed by atoms with van der Waals surface area (Å²) in [5.74, 6) is 0.821. The van der Waals surface area contributed by atoms with Gasteiger partial charge in [0, 0.05) is 36.5 Å². The lowest BCUT2D eigenvalue weighted by molar-refractivity contribution is 0.288. The lowest BCUT2D eigenvalue weighted by Gasteiger charge is -2.32. The summed E-state index contributed by atoms with van der Waals surface area (Å²) in [5.41, 5.74) is 8.22. The predicted molar refractivity (Wildman–Crippen MR) is 79.8 cm³/mol. The number of methoxy groups -OCH3 is 1. The summed E-state index contributed by atoms with van der Waals surface area (Å²) in [5, 5.41) is 9.05. The van der Waals surface area contributed by atoms with Crippen molar-refractivity contribution in [2.24, 2.45) is 5.73 Å². The van der Waals surface area contributed by atoms with Crippen LogP contribution >= 0.6 is 0 Å². The van der Waals surface area contributed by atoms with Gasteiger partial charge < -0.3 is 20.5 Å². The first-order valence-corrected chi connectivity index (χ1v) is 6.82. The zero-order valence-corrected chi connectivity index (χ0v) is 12.4. The van der Waals surface area contributed by atoms with Crippen LogP contribution in [-0.4, -0.2) is 31.4 Å². The van der Waals surface area contributed by atoms with E-state index in [1.165, 1.54) is 0 Å². The number of aliphatic hydroxyl groups is 1. The number of rotatable bonds is 7. The van der Waals surface area contributed by atoms with Crippen LogP contribution in [0.15, 0.2) is 18.2 Å². The quantitative estimate of drug-likeness (QED) is 0.795. The van der Waals surface area contributed by atoms with Crippen LogP contribution in [0.3, 0.4) is 0 Å². The number of anilines is 1. The Morgan fingerprint density at radius 3 is 2.47 bits per heavy atom. The van der Waals surface area contributed by atoms with Crippen molar-refractivity contribution in [1.29, 1.82) is 0 Å². The summed E-state index contributed by atoms with van der Waals surface area (Å²) < 4.78 is 5.43.